The Labute approximate surface area is 229 Å². The summed E-state index contributed by atoms with van der Waals surface area (Å²) in [4.78, 5) is 25.3. The molecule has 1 fully saturated rings. The summed E-state index contributed by atoms with van der Waals surface area (Å²) in [6.07, 6.45) is -4.82. The third kappa shape index (κ3) is 6.05. The van der Waals surface area contributed by atoms with Gasteiger partial charge in [0.25, 0.3) is 0 Å². The molecule has 0 saturated carbocycles. The fraction of sp³-hybridized carbons (Fsp3) is 0.481. The fourth-order valence-corrected chi connectivity index (χ4v) is 4.93. The van der Waals surface area contributed by atoms with Crippen LogP contribution in [0, 0.1) is 11.8 Å². The zero-order chi connectivity index (χ0) is 29.0. The molecule has 1 aromatic rings. The van der Waals surface area contributed by atoms with E-state index < -0.39 is 80.1 Å². The molecule has 0 amide bonds. The molecule has 2 aliphatic heterocycles. The molecule has 1 saturated heterocycles. The van der Waals surface area contributed by atoms with Crippen LogP contribution in [0.3, 0.4) is 0 Å². The van der Waals surface area contributed by atoms with Crippen molar-refractivity contribution in [3.8, 4) is 5.75 Å². The minimum Gasteiger partial charge on any atom is -0.497 e. The first-order valence-corrected chi connectivity index (χ1v) is 12.5. The van der Waals surface area contributed by atoms with E-state index in [1.807, 2.05) is 0 Å². The fourth-order valence-electron chi connectivity index (χ4n) is 4.93. The monoisotopic (exact) mass is 564 g/mol. The number of ether oxygens (including phenoxy) is 6. The highest BCUT2D eigenvalue weighted by molar-refractivity contribution is 5.90. The average molecular weight is 565 g/mol. The van der Waals surface area contributed by atoms with Gasteiger partial charge in [-0.2, -0.15) is 0 Å². The Kier molecular flexibility index (Phi) is 9.58. The Morgan fingerprint density at radius 3 is 2.33 bits per heavy atom. The highest BCUT2D eigenvalue weighted by atomic mass is 16.8. The molecule has 0 unspecified atom stereocenters. The first kappa shape index (κ1) is 29.7. The molecule has 1 aliphatic carbocycles. The normalized spacial score (nSPS) is 33.4. The SMILES string of the molecule is COC(=O)C1=CO[C@@H](O[C@H]2O[C@@H](CO)[C@H](O)[C@@H](O)[C@@H]2O)[C@H]2C(CO)=C[C@@H](OC(=O)C=Cc3ccc(OC)cc3)[C@@H]12. The number of carbonyl (C=O) groups excluding carboxylic acids is 2. The van der Waals surface area contributed by atoms with Crippen LogP contribution < -0.4 is 4.74 Å². The minimum atomic E-state index is -1.72. The number of carbonyl (C=O) groups is 2. The van der Waals surface area contributed by atoms with E-state index in [1.54, 1.807) is 24.3 Å². The van der Waals surface area contributed by atoms with E-state index >= 15 is 0 Å². The molecule has 0 aromatic heterocycles. The minimum absolute atomic E-state index is 0.0118. The van der Waals surface area contributed by atoms with Crippen molar-refractivity contribution in [3.63, 3.8) is 0 Å². The molecular formula is C27H32O13. The van der Waals surface area contributed by atoms with Crippen LogP contribution in [-0.2, 0) is 33.3 Å². The van der Waals surface area contributed by atoms with Crippen LogP contribution >= 0.6 is 0 Å². The summed E-state index contributed by atoms with van der Waals surface area (Å²) in [5.74, 6) is -2.64. The van der Waals surface area contributed by atoms with Crippen LogP contribution in [0.2, 0.25) is 0 Å². The number of aliphatic hydroxyl groups is 5. The molecule has 9 atom stereocenters. The van der Waals surface area contributed by atoms with Crippen LogP contribution in [0.15, 0.2) is 53.8 Å². The molecule has 4 rings (SSSR count). The summed E-state index contributed by atoms with van der Waals surface area (Å²) in [5.41, 5.74) is 1.03. The molecule has 0 spiro atoms. The van der Waals surface area contributed by atoms with E-state index in [-0.39, 0.29) is 5.57 Å². The zero-order valence-electron chi connectivity index (χ0n) is 21.7. The first-order chi connectivity index (χ1) is 19.2. The number of methoxy groups -OCH3 is 2. The van der Waals surface area contributed by atoms with Crippen molar-refractivity contribution in [2.75, 3.05) is 27.4 Å². The third-order valence-corrected chi connectivity index (χ3v) is 7.03. The average Bonchev–Trinajstić information content (AvgIpc) is 3.34. The smallest absolute Gasteiger partial charge is 0.337 e. The van der Waals surface area contributed by atoms with Crippen molar-refractivity contribution in [1.29, 1.82) is 0 Å². The maximum absolute atomic E-state index is 12.7. The third-order valence-electron chi connectivity index (χ3n) is 7.03. The Bertz CT molecular complexity index is 1140. The van der Waals surface area contributed by atoms with Gasteiger partial charge < -0.3 is 54.0 Å². The van der Waals surface area contributed by atoms with Gasteiger partial charge in [-0.25, -0.2) is 9.59 Å². The second kappa shape index (κ2) is 12.9. The van der Waals surface area contributed by atoms with Crippen LogP contribution in [0.4, 0.5) is 0 Å². The van der Waals surface area contributed by atoms with Crippen molar-refractivity contribution in [1.82, 2.24) is 0 Å². The van der Waals surface area contributed by atoms with E-state index in [9.17, 15) is 35.1 Å². The zero-order valence-corrected chi connectivity index (χ0v) is 21.7. The van der Waals surface area contributed by atoms with Gasteiger partial charge in [0.05, 0.1) is 45.2 Å². The number of hydrogen-bond acceptors (Lipinski definition) is 13. The summed E-state index contributed by atoms with van der Waals surface area (Å²) >= 11 is 0. The molecule has 218 valence electrons. The maximum Gasteiger partial charge on any atom is 0.337 e. The number of hydrogen-bond donors (Lipinski definition) is 5. The van der Waals surface area contributed by atoms with E-state index in [2.05, 4.69) is 0 Å². The Balaban J connectivity index is 1.55. The van der Waals surface area contributed by atoms with Crippen molar-refractivity contribution in [3.05, 3.63) is 59.4 Å². The van der Waals surface area contributed by atoms with Crippen LogP contribution in [0.5, 0.6) is 5.75 Å². The van der Waals surface area contributed by atoms with Crippen molar-refractivity contribution >= 4 is 18.0 Å². The summed E-state index contributed by atoms with van der Waals surface area (Å²) in [6, 6.07) is 6.95. The van der Waals surface area contributed by atoms with Gasteiger partial charge in [-0.1, -0.05) is 12.1 Å². The van der Waals surface area contributed by atoms with E-state index in [0.29, 0.717) is 16.9 Å². The van der Waals surface area contributed by atoms with Gasteiger partial charge in [-0.05, 0) is 35.4 Å². The van der Waals surface area contributed by atoms with E-state index in [1.165, 1.54) is 32.4 Å². The summed E-state index contributed by atoms with van der Waals surface area (Å²) < 4.78 is 32.5. The molecule has 40 heavy (non-hydrogen) atoms. The molecule has 13 nitrogen and oxygen atoms in total. The highest BCUT2D eigenvalue weighted by Crippen LogP contribution is 2.45. The molecule has 0 radical (unpaired) electrons. The van der Waals surface area contributed by atoms with Crippen molar-refractivity contribution < 1.29 is 63.5 Å². The lowest BCUT2D eigenvalue weighted by atomic mass is 9.82. The molecular weight excluding hydrogens is 532 g/mol. The van der Waals surface area contributed by atoms with Crippen LogP contribution in [0.1, 0.15) is 5.56 Å². The second-order valence-corrected chi connectivity index (χ2v) is 9.36. The molecule has 2 heterocycles. The molecule has 0 bridgehead atoms. The van der Waals surface area contributed by atoms with Crippen LogP contribution in [-0.4, -0.2) is 108 Å². The van der Waals surface area contributed by atoms with Gasteiger partial charge in [0, 0.05) is 12.0 Å². The summed E-state index contributed by atoms with van der Waals surface area (Å²) in [7, 11) is 2.71. The molecule has 3 aliphatic rings. The summed E-state index contributed by atoms with van der Waals surface area (Å²) in [5, 5.41) is 50.2. The Hall–Kier alpha value is -3.30. The lowest BCUT2D eigenvalue weighted by molar-refractivity contribution is -0.340. The van der Waals surface area contributed by atoms with Gasteiger partial charge in [-0.15, -0.1) is 0 Å². The second-order valence-electron chi connectivity index (χ2n) is 9.36. The van der Waals surface area contributed by atoms with Gasteiger partial charge in [-0.3, -0.25) is 0 Å². The predicted molar refractivity (Wildman–Crippen MR) is 134 cm³/mol. The number of aliphatic hydroxyl groups excluding tert-OH is 5. The highest BCUT2D eigenvalue weighted by Gasteiger charge is 2.53. The van der Waals surface area contributed by atoms with E-state index in [0.717, 1.165) is 6.26 Å². The maximum atomic E-state index is 12.7. The number of rotatable bonds is 9. The topological polar surface area (TPSA) is 191 Å². The molecule has 13 heteroatoms. The quantitative estimate of drug-likeness (QED) is 0.140. The summed E-state index contributed by atoms with van der Waals surface area (Å²) in [6.45, 7) is -1.18. The number of esters is 2. The molecule has 5 N–H and O–H groups in total. The first-order valence-electron chi connectivity index (χ1n) is 12.5. The number of fused-ring (bicyclic) bond motifs is 1. The van der Waals surface area contributed by atoms with Gasteiger partial charge in [0.2, 0.25) is 6.29 Å². The Morgan fingerprint density at radius 1 is 0.975 bits per heavy atom. The van der Waals surface area contributed by atoms with Gasteiger partial charge in [0.15, 0.2) is 6.29 Å². The van der Waals surface area contributed by atoms with Crippen molar-refractivity contribution in [2.45, 2.75) is 43.1 Å². The standard InChI is InChI=1S/C27H32O13/c1-35-15-6-3-13(4-7-15)5-8-19(30)38-17-9-14(10-28)20-21(17)16(25(34)36-2)12-37-26(20)40-27-24(33)23(32)22(31)18(11-29)39-27/h3-9,12,17-18,20-24,26-29,31-33H,10-11H2,1-2H3/t17-,18+,20+,21-,22+,23-,24+,26+,27-/m1/s1. The van der Waals surface area contributed by atoms with Crippen molar-refractivity contribution in [2.24, 2.45) is 11.8 Å². The van der Waals surface area contributed by atoms with Gasteiger partial charge in [0.1, 0.15) is 36.3 Å². The largest absolute Gasteiger partial charge is 0.497 e. The molecule has 1 aromatic carbocycles. The predicted octanol–water partition coefficient (Wildman–Crippen LogP) is -0.985. The Morgan fingerprint density at radius 2 is 1.70 bits per heavy atom. The van der Waals surface area contributed by atoms with Crippen LogP contribution in [0.25, 0.3) is 6.08 Å². The van der Waals surface area contributed by atoms with E-state index in [4.69, 9.17) is 28.4 Å². The lowest BCUT2D eigenvalue weighted by Gasteiger charge is -2.43. The lowest BCUT2D eigenvalue weighted by Crippen LogP contribution is -2.60. The number of benzene rings is 1. The van der Waals surface area contributed by atoms with Gasteiger partial charge >= 0.3 is 11.9 Å².